The Morgan fingerprint density at radius 1 is 1.00 bits per heavy atom. The summed E-state index contributed by atoms with van der Waals surface area (Å²) in [5.74, 6) is -0.596. The van der Waals surface area contributed by atoms with E-state index in [0.29, 0.717) is 23.1 Å². The van der Waals surface area contributed by atoms with E-state index in [-0.39, 0.29) is 11.4 Å². The number of nitrogens with zero attached hydrogens (tertiary/aromatic N) is 2. The van der Waals surface area contributed by atoms with Crippen molar-refractivity contribution in [3.8, 4) is 0 Å². The van der Waals surface area contributed by atoms with Crippen molar-refractivity contribution >= 4 is 29.1 Å². The number of aromatic carboxylic acids is 1. The number of anilines is 4. The van der Waals surface area contributed by atoms with Gasteiger partial charge in [0.25, 0.3) is 0 Å². The van der Waals surface area contributed by atoms with Crippen LogP contribution in [0.1, 0.15) is 10.4 Å². The summed E-state index contributed by atoms with van der Waals surface area (Å²) in [5.41, 5.74) is 1.29. The largest absolute Gasteiger partial charge is 0.478 e. The van der Waals surface area contributed by atoms with Crippen molar-refractivity contribution in [2.24, 2.45) is 0 Å². The maximum atomic E-state index is 13.2. The highest BCUT2D eigenvalue weighted by atomic mass is 19.1. The van der Waals surface area contributed by atoms with Crippen LogP contribution in [0.3, 0.4) is 0 Å². The predicted octanol–water partition coefficient (Wildman–Crippen LogP) is 3.80. The zero-order valence-corrected chi connectivity index (χ0v) is 12.4. The molecule has 0 aliphatic carbocycles. The number of carboxylic acid groups (broad SMARTS) is 1. The number of nitrogens with one attached hydrogen (secondary N) is 2. The average Bonchev–Trinajstić information content (AvgIpc) is 2.55. The molecule has 0 radical (unpaired) electrons. The van der Waals surface area contributed by atoms with Gasteiger partial charge in [-0.15, -0.1) is 0 Å². The Labute approximate surface area is 137 Å². The van der Waals surface area contributed by atoms with Crippen LogP contribution in [-0.4, -0.2) is 21.0 Å². The topological polar surface area (TPSA) is 87.1 Å². The average molecular weight is 324 g/mol. The lowest BCUT2D eigenvalue weighted by Crippen LogP contribution is -2.01. The number of hydrogen-bond acceptors (Lipinski definition) is 5. The van der Waals surface area contributed by atoms with E-state index >= 15 is 0 Å². The molecule has 0 aliphatic heterocycles. The van der Waals surface area contributed by atoms with Crippen LogP contribution in [0.4, 0.5) is 27.5 Å². The first-order chi connectivity index (χ1) is 11.6. The van der Waals surface area contributed by atoms with Gasteiger partial charge < -0.3 is 15.7 Å². The Bertz CT molecular complexity index is 886. The summed E-state index contributed by atoms with van der Waals surface area (Å²) in [4.78, 5) is 19.3. The van der Waals surface area contributed by atoms with E-state index < -0.39 is 5.97 Å². The SMILES string of the molecule is O=C(O)c1cccc(Nc2ccnc(Nc3cccc(F)c3)n2)c1. The zero-order chi connectivity index (χ0) is 16.9. The van der Waals surface area contributed by atoms with Crippen molar-refractivity contribution in [3.63, 3.8) is 0 Å². The maximum Gasteiger partial charge on any atom is 0.335 e. The summed E-state index contributed by atoms with van der Waals surface area (Å²) in [5, 5.41) is 14.9. The second kappa shape index (κ2) is 6.74. The van der Waals surface area contributed by atoms with Gasteiger partial charge in [-0.05, 0) is 42.5 Å². The second-order valence-electron chi connectivity index (χ2n) is 4.91. The van der Waals surface area contributed by atoms with E-state index in [9.17, 15) is 9.18 Å². The molecule has 1 heterocycles. The van der Waals surface area contributed by atoms with Gasteiger partial charge in [-0.3, -0.25) is 0 Å². The van der Waals surface area contributed by atoms with Crippen LogP contribution in [0.25, 0.3) is 0 Å². The van der Waals surface area contributed by atoms with E-state index in [4.69, 9.17) is 5.11 Å². The third-order valence-corrected chi connectivity index (χ3v) is 3.12. The maximum absolute atomic E-state index is 13.2. The third-order valence-electron chi connectivity index (χ3n) is 3.12. The fourth-order valence-corrected chi connectivity index (χ4v) is 2.06. The lowest BCUT2D eigenvalue weighted by atomic mass is 10.2. The molecule has 0 spiro atoms. The zero-order valence-electron chi connectivity index (χ0n) is 12.4. The van der Waals surface area contributed by atoms with Gasteiger partial charge in [0.1, 0.15) is 11.6 Å². The number of carbonyl (C=O) groups is 1. The Kier molecular flexibility index (Phi) is 4.33. The highest BCUT2D eigenvalue weighted by molar-refractivity contribution is 5.89. The molecule has 0 fully saturated rings. The van der Waals surface area contributed by atoms with Crippen LogP contribution in [0.2, 0.25) is 0 Å². The van der Waals surface area contributed by atoms with Crippen molar-refractivity contribution < 1.29 is 14.3 Å². The summed E-state index contributed by atoms with van der Waals surface area (Å²) in [6.07, 6.45) is 1.54. The molecular formula is C17H13FN4O2. The van der Waals surface area contributed by atoms with Gasteiger partial charge in [0.05, 0.1) is 5.56 Å². The summed E-state index contributed by atoms with van der Waals surface area (Å²) >= 11 is 0. The molecule has 7 heteroatoms. The number of hydrogen-bond donors (Lipinski definition) is 3. The molecule has 3 rings (SSSR count). The number of aromatic nitrogens is 2. The lowest BCUT2D eigenvalue weighted by molar-refractivity contribution is 0.0697. The summed E-state index contributed by atoms with van der Waals surface area (Å²) in [7, 11) is 0. The molecule has 0 aliphatic rings. The number of carboxylic acids is 1. The Morgan fingerprint density at radius 3 is 2.50 bits per heavy atom. The fourth-order valence-electron chi connectivity index (χ4n) is 2.06. The fraction of sp³-hybridized carbons (Fsp3) is 0. The van der Waals surface area contributed by atoms with Crippen molar-refractivity contribution in [2.75, 3.05) is 10.6 Å². The molecule has 0 amide bonds. The number of halogens is 1. The Hall–Kier alpha value is -3.48. The quantitative estimate of drug-likeness (QED) is 0.662. The predicted molar refractivity (Wildman–Crippen MR) is 88.4 cm³/mol. The van der Waals surface area contributed by atoms with Crippen LogP contribution < -0.4 is 10.6 Å². The standard InChI is InChI=1S/C17H13FN4O2/c18-12-4-2-6-14(10-12)21-17-19-8-7-15(22-17)20-13-5-1-3-11(9-13)16(23)24/h1-10H,(H,23,24)(H2,19,20,21,22). The van der Waals surface area contributed by atoms with Crippen molar-refractivity contribution in [1.29, 1.82) is 0 Å². The molecule has 2 aromatic carbocycles. The summed E-state index contributed by atoms with van der Waals surface area (Å²) in [6, 6.07) is 14.0. The summed E-state index contributed by atoms with van der Waals surface area (Å²) < 4.78 is 13.2. The summed E-state index contributed by atoms with van der Waals surface area (Å²) in [6.45, 7) is 0. The number of benzene rings is 2. The molecule has 0 atom stereocenters. The lowest BCUT2D eigenvalue weighted by Gasteiger charge is -2.09. The Morgan fingerprint density at radius 2 is 1.75 bits per heavy atom. The monoisotopic (exact) mass is 324 g/mol. The molecule has 24 heavy (non-hydrogen) atoms. The van der Waals surface area contributed by atoms with Crippen LogP contribution in [-0.2, 0) is 0 Å². The number of rotatable bonds is 5. The van der Waals surface area contributed by atoms with Crippen LogP contribution in [0.5, 0.6) is 0 Å². The molecule has 3 aromatic rings. The Balaban J connectivity index is 1.78. The molecule has 0 saturated carbocycles. The minimum Gasteiger partial charge on any atom is -0.478 e. The van der Waals surface area contributed by atoms with E-state index in [1.807, 2.05) is 0 Å². The molecule has 0 bridgehead atoms. The molecule has 120 valence electrons. The molecular weight excluding hydrogens is 311 g/mol. The van der Waals surface area contributed by atoms with Crippen LogP contribution in [0.15, 0.2) is 60.8 Å². The molecule has 6 nitrogen and oxygen atoms in total. The van der Waals surface area contributed by atoms with Crippen LogP contribution >= 0.6 is 0 Å². The van der Waals surface area contributed by atoms with E-state index in [1.54, 1.807) is 30.3 Å². The molecule has 3 N–H and O–H groups in total. The van der Waals surface area contributed by atoms with Crippen LogP contribution in [0, 0.1) is 5.82 Å². The first kappa shape index (κ1) is 15.4. The highest BCUT2D eigenvalue weighted by Gasteiger charge is 2.05. The van der Waals surface area contributed by atoms with Gasteiger partial charge in [-0.2, -0.15) is 4.98 Å². The van der Waals surface area contributed by atoms with Gasteiger partial charge in [-0.1, -0.05) is 12.1 Å². The second-order valence-corrected chi connectivity index (χ2v) is 4.91. The molecule has 0 saturated heterocycles. The molecule has 0 unspecified atom stereocenters. The third kappa shape index (κ3) is 3.83. The normalized spacial score (nSPS) is 10.2. The van der Waals surface area contributed by atoms with Gasteiger partial charge in [0, 0.05) is 17.6 Å². The minimum absolute atomic E-state index is 0.173. The van der Waals surface area contributed by atoms with E-state index in [2.05, 4.69) is 20.6 Å². The van der Waals surface area contributed by atoms with Gasteiger partial charge in [0.2, 0.25) is 5.95 Å². The first-order valence-electron chi connectivity index (χ1n) is 7.06. The minimum atomic E-state index is -1.00. The van der Waals surface area contributed by atoms with Gasteiger partial charge >= 0.3 is 5.97 Å². The van der Waals surface area contributed by atoms with E-state index in [0.717, 1.165) is 0 Å². The van der Waals surface area contributed by atoms with Crippen molar-refractivity contribution in [3.05, 3.63) is 72.2 Å². The smallest absolute Gasteiger partial charge is 0.335 e. The van der Waals surface area contributed by atoms with Gasteiger partial charge in [0.15, 0.2) is 0 Å². The highest BCUT2D eigenvalue weighted by Crippen LogP contribution is 2.19. The van der Waals surface area contributed by atoms with E-state index in [1.165, 1.54) is 30.5 Å². The van der Waals surface area contributed by atoms with Gasteiger partial charge in [-0.25, -0.2) is 14.2 Å². The first-order valence-corrected chi connectivity index (χ1v) is 7.06. The molecule has 1 aromatic heterocycles. The van der Waals surface area contributed by atoms with Crippen molar-refractivity contribution in [2.45, 2.75) is 0 Å². The van der Waals surface area contributed by atoms with Crippen molar-refractivity contribution in [1.82, 2.24) is 9.97 Å².